The van der Waals surface area contributed by atoms with Crippen molar-refractivity contribution in [3.63, 3.8) is 0 Å². The molecule has 0 saturated carbocycles. The van der Waals surface area contributed by atoms with Gasteiger partial charge in [-0.3, -0.25) is 0 Å². The second-order valence-electron chi connectivity index (χ2n) is 4.33. The van der Waals surface area contributed by atoms with Crippen molar-refractivity contribution in [2.45, 2.75) is 6.10 Å². The summed E-state index contributed by atoms with van der Waals surface area (Å²) >= 11 is 0. The second-order valence-corrected chi connectivity index (χ2v) is 4.33. The molecule has 0 unspecified atom stereocenters. The van der Waals surface area contributed by atoms with Crippen molar-refractivity contribution in [3.8, 4) is 0 Å². The zero-order valence-electron chi connectivity index (χ0n) is 13.3. The second kappa shape index (κ2) is 5.90. The molecule has 19 heavy (non-hydrogen) atoms. The van der Waals surface area contributed by atoms with Gasteiger partial charge >= 0.3 is 5.97 Å². The largest absolute Gasteiger partial charge is 0.478 e. The maximum Gasteiger partial charge on any atom is 0.337 e. The Morgan fingerprint density at radius 2 is 2.58 bits per heavy atom. The molecule has 3 N–H and O–H groups in total. The fraction of sp³-hybridized carbons (Fsp3) is 0.462. The van der Waals surface area contributed by atoms with E-state index in [0.29, 0.717) is 19.7 Å². The third kappa shape index (κ3) is 3.15. The molecule has 1 aliphatic rings. The summed E-state index contributed by atoms with van der Waals surface area (Å²) in [6, 6.07) is 4.72. The van der Waals surface area contributed by atoms with Crippen LogP contribution in [-0.2, 0) is 9.47 Å². The van der Waals surface area contributed by atoms with Crippen LogP contribution in [0.15, 0.2) is 18.2 Å². The molecule has 104 valence electrons. The van der Waals surface area contributed by atoms with Crippen LogP contribution in [0.25, 0.3) is 0 Å². The maximum atomic E-state index is 11.0. The highest BCUT2D eigenvalue weighted by Gasteiger charge is 2.21. The Morgan fingerprint density at radius 1 is 1.74 bits per heavy atom. The van der Waals surface area contributed by atoms with Crippen molar-refractivity contribution in [2.75, 3.05) is 44.0 Å². The van der Waals surface area contributed by atoms with Gasteiger partial charge < -0.3 is 25.2 Å². The molecule has 6 nitrogen and oxygen atoms in total. The number of morpholine rings is 1. The van der Waals surface area contributed by atoms with Crippen LogP contribution in [0.5, 0.6) is 0 Å². The number of nitrogen functional groups attached to an aromatic ring is 1. The van der Waals surface area contributed by atoms with Crippen molar-refractivity contribution in [3.05, 3.63) is 23.8 Å². The smallest absolute Gasteiger partial charge is 0.337 e. The topological polar surface area (TPSA) is 85.0 Å². The normalized spacial score (nSPS) is 22.4. The Morgan fingerprint density at radius 3 is 3.26 bits per heavy atom. The van der Waals surface area contributed by atoms with Gasteiger partial charge in [0.15, 0.2) is 0 Å². The molecule has 1 fully saturated rings. The van der Waals surface area contributed by atoms with E-state index in [-0.39, 0.29) is 24.0 Å². The van der Waals surface area contributed by atoms with Gasteiger partial charge in [-0.25, -0.2) is 4.79 Å². The number of methoxy groups -OCH3 is 1. The lowest BCUT2D eigenvalue weighted by Crippen LogP contribution is -2.44. The molecule has 0 aliphatic carbocycles. The van der Waals surface area contributed by atoms with E-state index in [1.807, 2.05) is 4.90 Å². The lowest BCUT2D eigenvalue weighted by molar-refractivity contribution is -0.0100. The minimum Gasteiger partial charge on any atom is -0.478 e. The van der Waals surface area contributed by atoms with Crippen molar-refractivity contribution >= 4 is 17.3 Å². The quantitative estimate of drug-likeness (QED) is 0.787. The summed E-state index contributed by atoms with van der Waals surface area (Å²) in [5.74, 6) is -1.07. The standard InChI is InChI=1S/C13H18N2O4/c1-18-8-10-7-15(4-5-19-10)9-2-3-11(13(16)17)12(14)6-9/h2-3,6,10H,4-5,7-8,14H2,1H3,(H,16,17)/t10-/m1/s1/i1D3. The lowest BCUT2D eigenvalue weighted by Gasteiger charge is -2.34. The summed E-state index contributed by atoms with van der Waals surface area (Å²) in [5, 5.41) is 8.97. The van der Waals surface area contributed by atoms with Crippen molar-refractivity contribution in [1.29, 1.82) is 0 Å². The Balaban J connectivity index is 2.03. The molecule has 1 saturated heterocycles. The van der Waals surface area contributed by atoms with Crippen LogP contribution >= 0.6 is 0 Å². The van der Waals surface area contributed by atoms with Crippen LogP contribution in [0.1, 0.15) is 14.5 Å². The first kappa shape index (κ1) is 10.1. The summed E-state index contributed by atoms with van der Waals surface area (Å²) in [6.07, 6.45) is -0.366. The highest BCUT2D eigenvalue weighted by atomic mass is 16.5. The van der Waals surface area contributed by atoms with E-state index >= 15 is 0 Å². The first-order chi connectivity index (χ1) is 10.3. The SMILES string of the molecule is [2H]C([2H])([2H])OC[C@H]1CN(c2ccc(C(=O)O)c(N)c2)CCO1. The number of anilines is 2. The molecule has 0 amide bonds. The molecule has 1 atom stereocenters. The van der Waals surface area contributed by atoms with Gasteiger partial charge in [-0.2, -0.15) is 0 Å². The van der Waals surface area contributed by atoms with Crippen molar-refractivity contribution in [2.24, 2.45) is 0 Å². The average molecular weight is 269 g/mol. The number of nitrogens with two attached hydrogens (primary N) is 1. The number of nitrogens with zero attached hydrogens (tertiary/aromatic N) is 1. The van der Waals surface area contributed by atoms with Gasteiger partial charge in [-0.05, 0) is 18.2 Å². The maximum absolute atomic E-state index is 11.0. The number of carboxylic acids is 1. The zero-order valence-corrected chi connectivity index (χ0v) is 10.3. The van der Waals surface area contributed by atoms with E-state index in [4.69, 9.17) is 24.4 Å². The summed E-state index contributed by atoms with van der Waals surface area (Å²) in [6.45, 7) is 1.45. The first-order valence-corrected chi connectivity index (χ1v) is 5.89. The van der Waals surface area contributed by atoms with Gasteiger partial charge in [-0.15, -0.1) is 0 Å². The Bertz CT molecular complexity index is 551. The van der Waals surface area contributed by atoms with Crippen LogP contribution in [-0.4, -0.2) is 50.5 Å². The third-order valence-electron chi connectivity index (χ3n) is 3.04. The summed E-state index contributed by atoms with van der Waals surface area (Å²) in [5.41, 5.74) is 6.75. The highest BCUT2D eigenvalue weighted by molar-refractivity contribution is 5.94. The minimum absolute atomic E-state index is 0.0321. The number of aromatic carboxylic acids is 1. The van der Waals surface area contributed by atoms with Crippen molar-refractivity contribution in [1.82, 2.24) is 0 Å². The summed E-state index contributed by atoms with van der Waals surface area (Å²) < 4.78 is 31.3. The molecule has 1 aromatic rings. The molecule has 0 radical (unpaired) electrons. The third-order valence-corrected chi connectivity index (χ3v) is 3.04. The number of rotatable bonds is 4. The number of carbonyl (C=O) groups is 1. The molecule has 1 heterocycles. The molecule has 0 aromatic heterocycles. The molecule has 0 spiro atoms. The fourth-order valence-electron chi connectivity index (χ4n) is 2.09. The first-order valence-electron chi connectivity index (χ1n) is 7.39. The fourth-order valence-corrected chi connectivity index (χ4v) is 2.09. The van der Waals surface area contributed by atoms with Crippen LogP contribution in [0.4, 0.5) is 11.4 Å². The summed E-state index contributed by atoms with van der Waals surface area (Å²) in [7, 11) is -2.45. The Labute approximate surface area is 115 Å². The predicted octanol–water partition coefficient (Wildman–Crippen LogP) is 0.819. The van der Waals surface area contributed by atoms with E-state index in [2.05, 4.69) is 0 Å². The molecule has 2 rings (SSSR count). The van der Waals surface area contributed by atoms with Gasteiger partial charge in [0.2, 0.25) is 0 Å². The van der Waals surface area contributed by atoms with Gasteiger partial charge in [-0.1, -0.05) is 0 Å². The molecule has 1 aromatic carbocycles. The number of benzene rings is 1. The Hall–Kier alpha value is -1.79. The minimum atomic E-state index is -2.45. The van der Waals surface area contributed by atoms with Gasteiger partial charge in [0.1, 0.15) is 0 Å². The van der Waals surface area contributed by atoms with E-state index in [1.165, 1.54) is 6.07 Å². The van der Waals surface area contributed by atoms with Crippen LogP contribution in [0.2, 0.25) is 0 Å². The Kier molecular flexibility index (Phi) is 3.12. The number of ether oxygens (including phenoxy) is 2. The van der Waals surface area contributed by atoms with E-state index < -0.39 is 13.0 Å². The monoisotopic (exact) mass is 269 g/mol. The lowest BCUT2D eigenvalue weighted by atomic mass is 10.1. The van der Waals surface area contributed by atoms with Crippen LogP contribution in [0.3, 0.4) is 0 Å². The number of carboxylic acid groups (broad SMARTS) is 1. The predicted molar refractivity (Wildman–Crippen MR) is 71.6 cm³/mol. The number of hydrogen-bond donors (Lipinski definition) is 2. The van der Waals surface area contributed by atoms with E-state index in [9.17, 15) is 4.79 Å². The van der Waals surface area contributed by atoms with Crippen molar-refractivity contribution < 1.29 is 23.5 Å². The molecule has 1 aliphatic heterocycles. The van der Waals surface area contributed by atoms with Gasteiger partial charge in [0, 0.05) is 31.5 Å². The molecular formula is C13H18N2O4. The van der Waals surface area contributed by atoms with Gasteiger partial charge in [0.25, 0.3) is 0 Å². The highest BCUT2D eigenvalue weighted by Crippen LogP contribution is 2.23. The van der Waals surface area contributed by atoms with Crippen LogP contribution in [0, 0.1) is 0 Å². The molecular weight excluding hydrogens is 248 g/mol. The van der Waals surface area contributed by atoms with E-state index in [0.717, 1.165) is 5.69 Å². The summed E-state index contributed by atoms with van der Waals surface area (Å²) in [4.78, 5) is 12.9. The van der Waals surface area contributed by atoms with E-state index in [1.54, 1.807) is 12.1 Å². The molecule has 0 bridgehead atoms. The number of hydrogen-bond acceptors (Lipinski definition) is 5. The van der Waals surface area contributed by atoms with Crippen LogP contribution < -0.4 is 10.6 Å². The average Bonchev–Trinajstić information content (AvgIpc) is 2.44. The van der Waals surface area contributed by atoms with Gasteiger partial charge in [0.05, 0.1) is 29.0 Å². The zero-order chi connectivity index (χ0) is 16.3. The molecule has 6 heteroatoms.